The number of carbonyl (C=O) groups excluding carboxylic acids is 3. The molecule has 1 aliphatic rings. The van der Waals surface area contributed by atoms with Crippen molar-refractivity contribution in [3.8, 4) is 11.5 Å². The van der Waals surface area contributed by atoms with Crippen LogP contribution in [0.5, 0.6) is 11.5 Å². The maximum Gasteiger partial charge on any atom is 0.509 e. The van der Waals surface area contributed by atoms with Gasteiger partial charge in [0, 0.05) is 26.1 Å². The third-order valence-electron chi connectivity index (χ3n) is 7.80. The van der Waals surface area contributed by atoms with E-state index in [-0.39, 0.29) is 30.1 Å². The summed E-state index contributed by atoms with van der Waals surface area (Å²) in [4.78, 5) is 41.8. The predicted octanol–water partition coefficient (Wildman–Crippen LogP) is 7.44. The van der Waals surface area contributed by atoms with E-state index < -0.39 is 41.5 Å². The summed E-state index contributed by atoms with van der Waals surface area (Å²) in [5.74, 6) is 0.516. The molecule has 1 aromatic carbocycles. The van der Waals surface area contributed by atoms with Crippen LogP contribution < -0.4 is 9.47 Å². The van der Waals surface area contributed by atoms with E-state index in [0.717, 1.165) is 12.0 Å². The molecule has 0 bridgehead atoms. The van der Waals surface area contributed by atoms with E-state index in [2.05, 4.69) is 13.8 Å². The summed E-state index contributed by atoms with van der Waals surface area (Å²) in [6.45, 7) is 19.7. The van der Waals surface area contributed by atoms with Crippen molar-refractivity contribution in [2.24, 2.45) is 23.7 Å². The van der Waals surface area contributed by atoms with Crippen molar-refractivity contribution in [3.05, 3.63) is 23.8 Å². The molecule has 256 valence electrons. The minimum atomic E-state index is -0.829. The van der Waals surface area contributed by atoms with Crippen molar-refractivity contribution in [1.82, 2.24) is 4.90 Å². The lowest BCUT2D eigenvalue weighted by atomic mass is 9.77. The SMILES string of the molecule is COCCCOc1cc(C[C@@H](C[C@H]2[C@@H](OC(=O)OC(C)(C)C)C[C@@H](C(C)C)C(=O)N2C(=O)OC(C)(C)C)C(C)C)ccc1OC. The Kier molecular flexibility index (Phi) is 14.0. The number of ether oxygens (including phenoxy) is 6. The van der Waals surface area contributed by atoms with Crippen LogP contribution >= 0.6 is 0 Å². The molecule has 10 nitrogen and oxygen atoms in total. The van der Waals surface area contributed by atoms with Crippen molar-refractivity contribution in [1.29, 1.82) is 0 Å². The molecule has 1 aliphatic heterocycles. The number of methoxy groups -OCH3 is 2. The van der Waals surface area contributed by atoms with Crippen molar-refractivity contribution >= 4 is 18.2 Å². The first-order valence-corrected chi connectivity index (χ1v) is 16.1. The number of piperidine rings is 1. The van der Waals surface area contributed by atoms with Gasteiger partial charge in [-0.25, -0.2) is 14.5 Å². The van der Waals surface area contributed by atoms with Crippen LogP contribution in [-0.4, -0.2) is 73.8 Å². The summed E-state index contributed by atoms with van der Waals surface area (Å²) in [5.41, 5.74) is -0.571. The molecule has 0 saturated carbocycles. The van der Waals surface area contributed by atoms with Gasteiger partial charge in [0.1, 0.15) is 17.3 Å². The molecule has 2 rings (SSSR count). The van der Waals surface area contributed by atoms with Crippen LogP contribution in [0.15, 0.2) is 18.2 Å². The van der Waals surface area contributed by atoms with E-state index in [1.807, 2.05) is 32.0 Å². The maximum atomic E-state index is 14.0. The van der Waals surface area contributed by atoms with Gasteiger partial charge in [0.05, 0.1) is 19.8 Å². The molecule has 0 aliphatic carbocycles. The van der Waals surface area contributed by atoms with Gasteiger partial charge < -0.3 is 28.4 Å². The smallest absolute Gasteiger partial charge is 0.493 e. The Balaban J connectivity index is 2.50. The molecule has 1 fully saturated rings. The van der Waals surface area contributed by atoms with E-state index in [4.69, 9.17) is 28.4 Å². The van der Waals surface area contributed by atoms with E-state index in [1.54, 1.807) is 55.8 Å². The van der Waals surface area contributed by atoms with E-state index in [0.29, 0.717) is 37.6 Å². The van der Waals surface area contributed by atoms with Gasteiger partial charge in [0.15, 0.2) is 11.5 Å². The lowest BCUT2D eigenvalue weighted by Crippen LogP contribution is -2.60. The molecule has 0 radical (unpaired) electrons. The summed E-state index contributed by atoms with van der Waals surface area (Å²) < 4.78 is 33.9. The summed E-state index contributed by atoms with van der Waals surface area (Å²) in [7, 11) is 3.26. The lowest BCUT2D eigenvalue weighted by molar-refractivity contribution is -0.152. The number of rotatable bonds is 13. The number of likely N-dealkylation sites (tertiary alicyclic amines) is 1. The molecule has 0 N–H and O–H groups in total. The molecule has 0 unspecified atom stereocenters. The molecule has 1 heterocycles. The third-order valence-corrected chi connectivity index (χ3v) is 7.80. The molecule has 2 amide bonds. The Morgan fingerprint density at radius 3 is 2.11 bits per heavy atom. The largest absolute Gasteiger partial charge is 0.509 e. The van der Waals surface area contributed by atoms with E-state index >= 15 is 0 Å². The van der Waals surface area contributed by atoms with Crippen LogP contribution in [-0.2, 0) is 30.2 Å². The molecule has 0 aromatic heterocycles. The highest BCUT2D eigenvalue weighted by Gasteiger charge is 2.49. The monoisotopic (exact) mass is 635 g/mol. The summed E-state index contributed by atoms with van der Waals surface area (Å²) in [5, 5.41) is 0. The molecule has 0 spiro atoms. The first kappa shape index (κ1) is 38.2. The third kappa shape index (κ3) is 12.0. The van der Waals surface area contributed by atoms with Crippen LogP contribution in [0.25, 0.3) is 0 Å². The van der Waals surface area contributed by atoms with Gasteiger partial charge in [-0.3, -0.25) is 4.79 Å². The number of nitrogens with zero attached hydrogens (tertiary/aromatic N) is 1. The summed E-state index contributed by atoms with van der Waals surface area (Å²) >= 11 is 0. The molecular formula is C35H57NO9. The van der Waals surface area contributed by atoms with Crippen LogP contribution in [0.3, 0.4) is 0 Å². The van der Waals surface area contributed by atoms with Crippen LogP contribution in [0.2, 0.25) is 0 Å². The Morgan fingerprint density at radius 2 is 1.58 bits per heavy atom. The fourth-order valence-electron chi connectivity index (χ4n) is 5.44. The number of amides is 2. The molecular weight excluding hydrogens is 578 g/mol. The van der Waals surface area contributed by atoms with Gasteiger partial charge in [-0.05, 0) is 96.3 Å². The van der Waals surface area contributed by atoms with Crippen LogP contribution in [0, 0.1) is 23.7 Å². The van der Waals surface area contributed by atoms with Crippen molar-refractivity contribution < 1.29 is 42.8 Å². The Bertz CT molecular complexity index is 1120. The highest BCUT2D eigenvalue weighted by atomic mass is 16.7. The zero-order valence-corrected chi connectivity index (χ0v) is 29.6. The number of benzene rings is 1. The van der Waals surface area contributed by atoms with E-state index in [9.17, 15) is 14.4 Å². The van der Waals surface area contributed by atoms with Crippen molar-refractivity contribution in [2.75, 3.05) is 27.4 Å². The quantitative estimate of drug-likeness (QED) is 0.161. The Labute approximate surface area is 270 Å². The van der Waals surface area contributed by atoms with Gasteiger partial charge in [-0.2, -0.15) is 0 Å². The lowest BCUT2D eigenvalue weighted by Gasteiger charge is -2.45. The van der Waals surface area contributed by atoms with Crippen molar-refractivity contribution in [2.45, 2.75) is 118 Å². The number of imide groups is 1. The fraction of sp³-hybridized carbons (Fsp3) is 0.743. The standard InChI is InChI=1S/C35H57NO9/c1-22(2)25(18-24-14-15-28(41-12)30(19-24)42-17-13-16-40-11)20-27-29(43-33(39)45-35(8,9)10)21-26(23(3)4)31(37)36(27)32(38)44-34(5,6)7/h14-15,19,22-23,25-27,29H,13,16-18,20-21H2,1-12H3/t25-,26-,27-,29-/m0/s1. The van der Waals surface area contributed by atoms with Gasteiger partial charge in [-0.1, -0.05) is 33.8 Å². The second-order valence-corrected chi connectivity index (χ2v) is 14.6. The number of hydrogen-bond donors (Lipinski definition) is 0. The number of carbonyl (C=O) groups is 3. The molecule has 1 saturated heterocycles. The second-order valence-electron chi connectivity index (χ2n) is 14.6. The topological polar surface area (TPSA) is 110 Å². The minimum Gasteiger partial charge on any atom is -0.493 e. The predicted molar refractivity (Wildman–Crippen MR) is 173 cm³/mol. The average molecular weight is 636 g/mol. The second kappa shape index (κ2) is 16.5. The highest BCUT2D eigenvalue weighted by Crippen LogP contribution is 2.38. The van der Waals surface area contributed by atoms with E-state index in [1.165, 1.54) is 4.90 Å². The highest BCUT2D eigenvalue weighted by molar-refractivity contribution is 5.95. The van der Waals surface area contributed by atoms with Crippen molar-refractivity contribution in [3.63, 3.8) is 0 Å². The van der Waals surface area contributed by atoms with Crippen LogP contribution in [0.1, 0.15) is 94.1 Å². The molecule has 45 heavy (non-hydrogen) atoms. The molecule has 1 aromatic rings. The first-order chi connectivity index (χ1) is 20.9. The summed E-state index contributed by atoms with van der Waals surface area (Å²) in [6, 6.07) is 5.11. The zero-order chi connectivity index (χ0) is 34.1. The van der Waals surface area contributed by atoms with Crippen LogP contribution in [0.4, 0.5) is 9.59 Å². The minimum absolute atomic E-state index is 0.00260. The summed E-state index contributed by atoms with van der Waals surface area (Å²) in [6.07, 6.45) is -0.275. The van der Waals surface area contributed by atoms with Gasteiger partial charge in [-0.15, -0.1) is 0 Å². The molecule has 4 atom stereocenters. The normalized spacial score (nSPS) is 19.8. The Morgan fingerprint density at radius 1 is 0.933 bits per heavy atom. The Hall–Kier alpha value is -3.01. The van der Waals surface area contributed by atoms with Gasteiger partial charge >= 0.3 is 12.2 Å². The van der Waals surface area contributed by atoms with Gasteiger partial charge in [0.25, 0.3) is 0 Å². The van der Waals surface area contributed by atoms with Gasteiger partial charge in [0.2, 0.25) is 5.91 Å². The molecule has 10 heteroatoms. The average Bonchev–Trinajstić information content (AvgIpc) is 2.89. The first-order valence-electron chi connectivity index (χ1n) is 16.1. The fourth-order valence-corrected chi connectivity index (χ4v) is 5.44. The zero-order valence-electron chi connectivity index (χ0n) is 29.6. The number of hydrogen-bond acceptors (Lipinski definition) is 9. The maximum absolute atomic E-state index is 14.0.